The smallest absolute Gasteiger partial charge is 0.137 e. The number of hydrogen-bond acceptors (Lipinski definition) is 4. The summed E-state index contributed by atoms with van der Waals surface area (Å²) >= 11 is 6.71. The Hall–Kier alpha value is -2.67. The summed E-state index contributed by atoms with van der Waals surface area (Å²) in [7, 11) is 0. The van der Waals surface area contributed by atoms with Crippen molar-refractivity contribution in [2.75, 3.05) is 26.2 Å². The Morgan fingerprint density at radius 3 is 2.33 bits per heavy atom. The lowest BCUT2D eigenvalue weighted by Gasteiger charge is -2.34. The Bertz CT molecular complexity index is 1110. The molecule has 1 aliphatic heterocycles. The van der Waals surface area contributed by atoms with Crippen molar-refractivity contribution in [1.82, 2.24) is 29.0 Å². The van der Waals surface area contributed by atoms with E-state index >= 15 is 0 Å². The van der Waals surface area contributed by atoms with E-state index in [0.29, 0.717) is 5.15 Å². The summed E-state index contributed by atoms with van der Waals surface area (Å²) in [6.45, 7) is 7.84. The van der Waals surface area contributed by atoms with Crippen molar-refractivity contribution >= 4 is 17.2 Å². The summed E-state index contributed by atoms with van der Waals surface area (Å²) in [6, 6.07) is 16.2. The van der Waals surface area contributed by atoms with Crippen LogP contribution in [0.2, 0.25) is 5.15 Å². The summed E-state index contributed by atoms with van der Waals surface area (Å²) in [5.41, 5.74) is 5.24. The third kappa shape index (κ3) is 3.86. The summed E-state index contributed by atoms with van der Waals surface area (Å²) in [5.74, 6) is 0. The SMILES string of the molecule is Cc1nn(-c2ccccc2)c(Cl)c1CN1CCN(Cc2cn3ccccc3n2)CC1. The number of fused-ring (bicyclic) bond motifs is 1. The highest BCUT2D eigenvalue weighted by atomic mass is 35.5. The average molecular weight is 421 g/mol. The largest absolute Gasteiger partial charge is 0.307 e. The van der Waals surface area contributed by atoms with Gasteiger partial charge in [0.25, 0.3) is 0 Å². The second kappa shape index (κ2) is 8.22. The Balaban J connectivity index is 1.22. The molecule has 1 aromatic carbocycles. The van der Waals surface area contributed by atoms with Crippen LogP contribution in [0.5, 0.6) is 0 Å². The topological polar surface area (TPSA) is 41.6 Å². The Labute approximate surface area is 181 Å². The minimum Gasteiger partial charge on any atom is -0.307 e. The third-order valence-corrected chi connectivity index (χ3v) is 6.16. The minimum atomic E-state index is 0.714. The van der Waals surface area contributed by atoms with E-state index < -0.39 is 0 Å². The maximum Gasteiger partial charge on any atom is 0.137 e. The van der Waals surface area contributed by atoms with Crippen LogP contribution >= 0.6 is 11.6 Å². The number of pyridine rings is 1. The molecule has 0 unspecified atom stereocenters. The number of nitrogens with zero attached hydrogens (tertiary/aromatic N) is 6. The molecular weight excluding hydrogens is 396 g/mol. The first-order valence-corrected chi connectivity index (χ1v) is 10.7. The van der Waals surface area contributed by atoms with E-state index in [4.69, 9.17) is 16.6 Å². The van der Waals surface area contributed by atoms with Gasteiger partial charge in [0, 0.05) is 57.2 Å². The number of halogens is 1. The summed E-state index contributed by atoms with van der Waals surface area (Å²) < 4.78 is 3.92. The van der Waals surface area contributed by atoms with E-state index in [0.717, 1.165) is 67.6 Å². The van der Waals surface area contributed by atoms with Gasteiger partial charge in [0.1, 0.15) is 10.8 Å². The number of imidazole rings is 1. The fraction of sp³-hybridized carbons (Fsp3) is 0.304. The lowest BCUT2D eigenvalue weighted by Crippen LogP contribution is -2.45. The first kappa shape index (κ1) is 19.3. The van der Waals surface area contributed by atoms with Crippen LogP contribution < -0.4 is 0 Å². The Morgan fingerprint density at radius 2 is 1.60 bits per heavy atom. The fourth-order valence-electron chi connectivity index (χ4n) is 4.07. The van der Waals surface area contributed by atoms with Gasteiger partial charge in [0.05, 0.1) is 17.1 Å². The molecule has 0 amide bonds. The molecule has 1 aliphatic rings. The second-order valence-electron chi connectivity index (χ2n) is 7.85. The molecule has 0 aliphatic carbocycles. The molecule has 0 N–H and O–H groups in total. The van der Waals surface area contributed by atoms with Crippen LogP contribution in [-0.2, 0) is 13.1 Å². The number of aromatic nitrogens is 4. The van der Waals surface area contributed by atoms with Crippen LogP contribution in [0.4, 0.5) is 0 Å². The molecule has 3 aromatic heterocycles. The zero-order chi connectivity index (χ0) is 20.5. The van der Waals surface area contributed by atoms with Gasteiger partial charge < -0.3 is 4.40 Å². The predicted molar refractivity (Wildman–Crippen MR) is 119 cm³/mol. The number of aryl methyl sites for hydroxylation is 1. The lowest BCUT2D eigenvalue weighted by molar-refractivity contribution is 0.121. The van der Waals surface area contributed by atoms with Crippen molar-refractivity contribution in [1.29, 1.82) is 0 Å². The average Bonchev–Trinajstić information content (AvgIpc) is 3.31. The van der Waals surface area contributed by atoms with Crippen LogP contribution in [-0.4, -0.2) is 55.1 Å². The molecule has 7 heteroatoms. The monoisotopic (exact) mass is 420 g/mol. The molecule has 4 heterocycles. The van der Waals surface area contributed by atoms with Crippen LogP contribution in [0.25, 0.3) is 11.3 Å². The lowest BCUT2D eigenvalue weighted by atomic mass is 10.2. The van der Waals surface area contributed by atoms with E-state index in [1.807, 2.05) is 66.3 Å². The summed E-state index contributed by atoms with van der Waals surface area (Å²) in [4.78, 5) is 9.66. The normalized spacial score (nSPS) is 15.8. The molecule has 4 aromatic rings. The first-order valence-electron chi connectivity index (χ1n) is 10.3. The molecule has 0 radical (unpaired) electrons. The van der Waals surface area contributed by atoms with E-state index in [1.165, 1.54) is 0 Å². The van der Waals surface area contributed by atoms with Gasteiger partial charge in [0.15, 0.2) is 0 Å². The number of benzene rings is 1. The summed E-state index contributed by atoms with van der Waals surface area (Å²) in [5, 5.41) is 5.39. The molecule has 0 atom stereocenters. The van der Waals surface area contributed by atoms with Crippen molar-refractivity contribution in [2.45, 2.75) is 20.0 Å². The fourth-order valence-corrected chi connectivity index (χ4v) is 4.40. The van der Waals surface area contributed by atoms with E-state index in [2.05, 4.69) is 25.5 Å². The van der Waals surface area contributed by atoms with Gasteiger partial charge in [0.2, 0.25) is 0 Å². The highest BCUT2D eigenvalue weighted by Crippen LogP contribution is 2.25. The van der Waals surface area contributed by atoms with Gasteiger partial charge in [-0.2, -0.15) is 5.10 Å². The maximum absolute atomic E-state index is 6.71. The van der Waals surface area contributed by atoms with Gasteiger partial charge >= 0.3 is 0 Å². The molecule has 154 valence electrons. The van der Waals surface area contributed by atoms with Crippen LogP contribution in [0, 0.1) is 6.92 Å². The first-order chi connectivity index (χ1) is 14.7. The van der Waals surface area contributed by atoms with Gasteiger partial charge in [-0.1, -0.05) is 35.9 Å². The quantitative estimate of drug-likeness (QED) is 0.492. The zero-order valence-corrected chi connectivity index (χ0v) is 17.8. The molecule has 0 bridgehead atoms. The second-order valence-corrected chi connectivity index (χ2v) is 8.21. The van der Waals surface area contributed by atoms with E-state index in [-0.39, 0.29) is 0 Å². The molecule has 1 saturated heterocycles. The van der Waals surface area contributed by atoms with Gasteiger partial charge in [-0.15, -0.1) is 0 Å². The van der Waals surface area contributed by atoms with Gasteiger partial charge in [-0.05, 0) is 31.2 Å². The van der Waals surface area contributed by atoms with Crippen LogP contribution in [0.1, 0.15) is 17.0 Å². The van der Waals surface area contributed by atoms with Crippen molar-refractivity contribution in [3.63, 3.8) is 0 Å². The molecule has 1 fully saturated rings. The highest BCUT2D eigenvalue weighted by molar-refractivity contribution is 6.30. The molecule has 30 heavy (non-hydrogen) atoms. The molecule has 0 spiro atoms. The Morgan fingerprint density at radius 1 is 0.900 bits per heavy atom. The van der Waals surface area contributed by atoms with Crippen LogP contribution in [0.3, 0.4) is 0 Å². The number of hydrogen-bond donors (Lipinski definition) is 0. The zero-order valence-electron chi connectivity index (χ0n) is 17.1. The van der Waals surface area contributed by atoms with Crippen LogP contribution in [0.15, 0.2) is 60.9 Å². The van der Waals surface area contributed by atoms with Crippen molar-refractivity contribution < 1.29 is 0 Å². The van der Waals surface area contributed by atoms with Gasteiger partial charge in [-0.25, -0.2) is 9.67 Å². The highest BCUT2D eigenvalue weighted by Gasteiger charge is 2.22. The van der Waals surface area contributed by atoms with Crippen molar-refractivity contribution in [3.8, 4) is 5.69 Å². The van der Waals surface area contributed by atoms with Gasteiger partial charge in [-0.3, -0.25) is 9.80 Å². The Kier molecular flexibility index (Phi) is 5.29. The van der Waals surface area contributed by atoms with E-state index in [1.54, 1.807) is 0 Å². The third-order valence-electron chi connectivity index (χ3n) is 5.77. The standard InChI is InChI=1S/C23H25ClN6/c1-18-21(23(24)30(26-18)20-7-3-2-4-8-20)17-28-13-11-27(12-14-28)15-19-16-29-10-6-5-9-22(29)25-19/h2-10,16H,11-15,17H2,1H3. The molecule has 6 nitrogen and oxygen atoms in total. The number of rotatable bonds is 5. The molecule has 5 rings (SSSR count). The summed E-state index contributed by atoms with van der Waals surface area (Å²) in [6.07, 6.45) is 4.17. The molecular formula is C23H25ClN6. The maximum atomic E-state index is 6.71. The molecule has 0 saturated carbocycles. The van der Waals surface area contributed by atoms with E-state index in [9.17, 15) is 0 Å². The number of para-hydroxylation sites is 1. The van der Waals surface area contributed by atoms with Crippen molar-refractivity contribution in [3.05, 3.63) is 83.0 Å². The minimum absolute atomic E-state index is 0.714. The number of piperazine rings is 1. The van der Waals surface area contributed by atoms with Crippen molar-refractivity contribution in [2.24, 2.45) is 0 Å². The predicted octanol–water partition coefficient (Wildman–Crippen LogP) is 3.80.